The van der Waals surface area contributed by atoms with Crippen molar-refractivity contribution in [1.82, 2.24) is 14.5 Å². The van der Waals surface area contributed by atoms with Crippen LogP contribution >= 0.6 is 11.6 Å². The molecule has 2 rings (SSSR count). The summed E-state index contributed by atoms with van der Waals surface area (Å²) in [5.41, 5.74) is 5.92. The summed E-state index contributed by atoms with van der Waals surface area (Å²) in [5, 5.41) is 0.350. The van der Waals surface area contributed by atoms with Crippen molar-refractivity contribution >= 4 is 27.3 Å². The molecule has 6 nitrogen and oxygen atoms in total. The number of piperazine rings is 1. The van der Waals surface area contributed by atoms with Gasteiger partial charge in [-0.2, -0.15) is 0 Å². The van der Waals surface area contributed by atoms with E-state index in [9.17, 15) is 8.42 Å². The van der Waals surface area contributed by atoms with Gasteiger partial charge >= 0.3 is 0 Å². The minimum atomic E-state index is -3.57. The Kier molecular flexibility index (Phi) is 5.11. The minimum absolute atomic E-state index is 0.135. The topological polar surface area (TPSA) is 78.7 Å². The van der Waals surface area contributed by atoms with Gasteiger partial charge in [0.25, 0.3) is 0 Å². The normalized spacial score (nSPS) is 21.6. The van der Waals surface area contributed by atoms with Crippen molar-refractivity contribution in [1.29, 1.82) is 0 Å². The molecule has 1 aliphatic heterocycles. The van der Waals surface area contributed by atoms with E-state index in [2.05, 4.69) is 14.5 Å². The third-order valence-electron chi connectivity index (χ3n) is 3.77. The molecule has 1 fully saturated rings. The molecular formula is C13H21ClN4O2S. The quantitative estimate of drug-likeness (QED) is 0.783. The van der Waals surface area contributed by atoms with E-state index in [1.807, 2.05) is 14.1 Å². The van der Waals surface area contributed by atoms with Gasteiger partial charge in [0.15, 0.2) is 0 Å². The highest BCUT2D eigenvalue weighted by Crippen LogP contribution is 2.22. The van der Waals surface area contributed by atoms with Crippen LogP contribution in [0.1, 0.15) is 0 Å². The Labute approximate surface area is 130 Å². The Morgan fingerprint density at radius 3 is 2.76 bits per heavy atom. The standard InChI is InChI=1S/C13H21ClN4O2S/c1-17-5-6-18(2)10(9-17)8-16-21(19,20)11-3-4-12(14)13(15)7-11/h3-4,7,10,16H,5-6,8-9,15H2,1-2H3. The van der Waals surface area contributed by atoms with Crippen LogP contribution in [-0.2, 0) is 10.0 Å². The monoisotopic (exact) mass is 332 g/mol. The van der Waals surface area contributed by atoms with E-state index in [-0.39, 0.29) is 16.6 Å². The fourth-order valence-corrected chi connectivity index (χ4v) is 3.53. The molecule has 8 heteroatoms. The maximum absolute atomic E-state index is 12.3. The van der Waals surface area contributed by atoms with Crippen molar-refractivity contribution in [3.63, 3.8) is 0 Å². The molecule has 1 aromatic carbocycles. The van der Waals surface area contributed by atoms with Gasteiger partial charge in [0, 0.05) is 32.2 Å². The zero-order valence-electron chi connectivity index (χ0n) is 12.2. The van der Waals surface area contributed by atoms with Crippen molar-refractivity contribution in [2.75, 3.05) is 46.0 Å². The molecule has 1 heterocycles. The molecule has 1 atom stereocenters. The van der Waals surface area contributed by atoms with Crippen LogP contribution in [0.25, 0.3) is 0 Å². The van der Waals surface area contributed by atoms with Crippen molar-refractivity contribution in [3.8, 4) is 0 Å². The van der Waals surface area contributed by atoms with Gasteiger partial charge < -0.3 is 10.6 Å². The Balaban J connectivity index is 2.05. The number of sulfonamides is 1. The molecule has 1 aromatic rings. The molecule has 3 N–H and O–H groups in total. The van der Waals surface area contributed by atoms with E-state index < -0.39 is 10.0 Å². The maximum Gasteiger partial charge on any atom is 0.240 e. The van der Waals surface area contributed by atoms with Gasteiger partial charge in [-0.05, 0) is 32.3 Å². The lowest BCUT2D eigenvalue weighted by Gasteiger charge is -2.37. The summed E-state index contributed by atoms with van der Waals surface area (Å²) in [6, 6.07) is 4.48. The second-order valence-electron chi connectivity index (χ2n) is 5.43. The summed E-state index contributed by atoms with van der Waals surface area (Å²) in [6.07, 6.45) is 0. The molecule has 1 aliphatic rings. The average Bonchev–Trinajstić information content (AvgIpc) is 2.43. The minimum Gasteiger partial charge on any atom is -0.397 e. The Bertz CT molecular complexity index is 608. The van der Waals surface area contributed by atoms with Crippen LogP contribution < -0.4 is 10.5 Å². The van der Waals surface area contributed by atoms with Gasteiger partial charge in [0.2, 0.25) is 10.0 Å². The molecule has 0 aromatic heterocycles. The van der Waals surface area contributed by atoms with Crippen LogP contribution in [0.2, 0.25) is 5.02 Å². The van der Waals surface area contributed by atoms with E-state index in [0.29, 0.717) is 11.6 Å². The summed E-state index contributed by atoms with van der Waals surface area (Å²) in [4.78, 5) is 4.49. The van der Waals surface area contributed by atoms with Gasteiger partial charge in [-0.25, -0.2) is 13.1 Å². The molecule has 1 saturated heterocycles. The number of benzene rings is 1. The van der Waals surface area contributed by atoms with Gasteiger partial charge in [-0.1, -0.05) is 11.6 Å². The number of rotatable bonds is 4. The summed E-state index contributed by atoms with van der Waals surface area (Å²) in [7, 11) is 0.469. The van der Waals surface area contributed by atoms with Crippen molar-refractivity contribution in [3.05, 3.63) is 23.2 Å². The van der Waals surface area contributed by atoms with E-state index in [0.717, 1.165) is 19.6 Å². The number of hydrogen-bond acceptors (Lipinski definition) is 5. The maximum atomic E-state index is 12.3. The number of nitrogens with two attached hydrogens (primary N) is 1. The number of nitrogens with one attached hydrogen (secondary N) is 1. The van der Waals surface area contributed by atoms with Gasteiger partial charge in [-0.15, -0.1) is 0 Å². The second kappa shape index (κ2) is 6.50. The SMILES string of the molecule is CN1CCN(C)C(CNS(=O)(=O)c2ccc(Cl)c(N)c2)C1. The van der Waals surface area contributed by atoms with Gasteiger partial charge in [0.1, 0.15) is 0 Å². The average molecular weight is 333 g/mol. The number of anilines is 1. The van der Waals surface area contributed by atoms with E-state index in [1.54, 1.807) is 0 Å². The highest BCUT2D eigenvalue weighted by molar-refractivity contribution is 7.89. The van der Waals surface area contributed by atoms with Crippen molar-refractivity contribution in [2.45, 2.75) is 10.9 Å². The molecule has 21 heavy (non-hydrogen) atoms. The highest BCUT2D eigenvalue weighted by Gasteiger charge is 2.24. The van der Waals surface area contributed by atoms with Crippen LogP contribution in [0.4, 0.5) is 5.69 Å². The van der Waals surface area contributed by atoms with E-state index >= 15 is 0 Å². The number of hydrogen-bond donors (Lipinski definition) is 2. The molecular weight excluding hydrogens is 312 g/mol. The predicted octanol–water partition coefficient (Wildman–Crippen LogP) is 0.446. The molecule has 0 aliphatic carbocycles. The van der Waals surface area contributed by atoms with Crippen LogP contribution in [-0.4, -0.2) is 64.5 Å². The lowest BCUT2D eigenvalue weighted by Crippen LogP contribution is -2.54. The number of likely N-dealkylation sites (N-methyl/N-ethyl adjacent to an activating group) is 2. The largest absolute Gasteiger partial charge is 0.397 e. The number of halogens is 1. The van der Waals surface area contributed by atoms with E-state index in [4.69, 9.17) is 17.3 Å². The lowest BCUT2D eigenvalue weighted by atomic mass is 10.2. The first-order valence-electron chi connectivity index (χ1n) is 6.73. The Hall–Kier alpha value is -0.860. The summed E-state index contributed by atoms with van der Waals surface area (Å²) in [5.74, 6) is 0. The third-order valence-corrected chi connectivity index (χ3v) is 5.53. The first kappa shape index (κ1) is 16.5. The first-order valence-corrected chi connectivity index (χ1v) is 8.59. The molecule has 0 saturated carbocycles. The number of nitrogens with zero attached hydrogens (tertiary/aromatic N) is 2. The van der Waals surface area contributed by atoms with Crippen LogP contribution in [0.3, 0.4) is 0 Å². The second-order valence-corrected chi connectivity index (χ2v) is 7.61. The summed E-state index contributed by atoms with van der Waals surface area (Å²) < 4.78 is 27.2. The smallest absolute Gasteiger partial charge is 0.240 e. The van der Waals surface area contributed by atoms with Crippen LogP contribution in [0, 0.1) is 0 Å². The number of nitrogen functional groups attached to an aromatic ring is 1. The van der Waals surface area contributed by atoms with Crippen molar-refractivity contribution in [2.24, 2.45) is 0 Å². The Morgan fingerprint density at radius 1 is 1.38 bits per heavy atom. The zero-order chi connectivity index (χ0) is 15.6. The molecule has 0 radical (unpaired) electrons. The first-order chi connectivity index (χ1) is 9.79. The van der Waals surface area contributed by atoms with Crippen LogP contribution in [0.5, 0.6) is 0 Å². The third kappa shape index (κ3) is 4.08. The lowest BCUT2D eigenvalue weighted by molar-refractivity contribution is 0.117. The fourth-order valence-electron chi connectivity index (χ4n) is 2.30. The summed E-state index contributed by atoms with van der Waals surface area (Å²) in [6.45, 7) is 3.12. The fraction of sp³-hybridized carbons (Fsp3) is 0.538. The molecule has 118 valence electrons. The van der Waals surface area contributed by atoms with Gasteiger partial charge in [0.05, 0.1) is 15.6 Å². The van der Waals surface area contributed by atoms with Crippen molar-refractivity contribution < 1.29 is 8.42 Å². The summed E-state index contributed by atoms with van der Waals surface area (Å²) >= 11 is 5.81. The predicted molar refractivity (Wildman–Crippen MR) is 85.0 cm³/mol. The van der Waals surface area contributed by atoms with E-state index in [1.165, 1.54) is 18.2 Å². The molecule has 0 bridgehead atoms. The van der Waals surface area contributed by atoms with Crippen LogP contribution in [0.15, 0.2) is 23.1 Å². The van der Waals surface area contributed by atoms with Gasteiger partial charge in [-0.3, -0.25) is 4.90 Å². The highest BCUT2D eigenvalue weighted by atomic mass is 35.5. The molecule has 1 unspecified atom stereocenters. The zero-order valence-corrected chi connectivity index (χ0v) is 13.8. The Morgan fingerprint density at radius 2 is 2.10 bits per heavy atom. The molecule has 0 amide bonds. The molecule has 0 spiro atoms.